The molecule has 1 aromatic rings. The van der Waals surface area contributed by atoms with E-state index in [1.165, 1.54) is 11.1 Å². The van der Waals surface area contributed by atoms with Crippen molar-refractivity contribution in [2.75, 3.05) is 19.8 Å². The third kappa shape index (κ3) is 6.60. The number of aliphatic hydroxyl groups excluding tert-OH is 1. The lowest BCUT2D eigenvalue weighted by atomic mass is 10.1. The van der Waals surface area contributed by atoms with Crippen molar-refractivity contribution in [3.05, 3.63) is 29.3 Å². The molecule has 0 bridgehead atoms. The van der Waals surface area contributed by atoms with Crippen molar-refractivity contribution in [1.29, 1.82) is 0 Å². The number of hydrogen-bond donors (Lipinski definition) is 2. The van der Waals surface area contributed by atoms with E-state index in [9.17, 15) is 0 Å². The van der Waals surface area contributed by atoms with Crippen LogP contribution in [0.3, 0.4) is 0 Å². The Morgan fingerprint density at radius 2 is 1.95 bits per heavy atom. The van der Waals surface area contributed by atoms with Gasteiger partial charge in [0.2, 0.25) is 0 Å². The summed E-state index contributed by atoms with van der Waals surface area (Å²) < 4.78 is 5.87. The minimum atomic E-state index is 0.297. The molecule has 0 saturated heterocycles. The van der Waals surface area contributed by atoms with E-state index in [0.717, 1.165) is 51.1 Å². The number of aryl methyl sites for hydroxylation is 1. The first kappa shape index (κ1) is 16.0. The molecule has 108 valence electrons. The van der Waals surface area contributed by atoms with Gasteiger partial charge in [-0.3, -0.25) is 0 Å². The van der Waals surface area contributed by atoms with Gasteiger partial charge in [-0.05, 0) is 38.8 Å². The maximum atomic E-state index is 8.71. The average molecular weight is 265 g/mol. The second kappa shape index (κ2) is 9.82. The van der Waals surface area contributed by atoms with Gasteiger partial charge in [0.15, 0.2) is 0 Å². The standard InChI is InChI=1S/C16H27NO2/c1-3-17-13-15-12-14(2)8-9-16(15)19-11-7-5-4-6-10-18/h8-9,12,17-18H,3-7,10-11,13H2,1-2H3. The van der Waals surface area contributed by atoms with E-state index in [0.29, 0.717) is 6.61 Å². The van der Waals surface area contributed by atoms with E-state index in [4.69, 9.17) is 9.84 Å². The van der Waals surface area contributed by atoms with Crippen molar-refractivity contribution in [2.45, 2.75) is 46.1 Å². The summed E-state index contributed by atoms with van der Waals surface area (Å²) in [6, 6.07) is 6.34. The molecule has 3 nitrogen and oxygen atoms in total. The molecular weight excluding hydrogens is 238 g/mol. The van der Waals surface area contributed by atoms with Gasteiger partial charge in [-0.25, -0.2) is 0 Å². The summed E-state index contributed by atoms with van der Waals surface area (Å²) in [5.41, 5.74) is 2.50. The number of ether oxygens (including phenoxy) is 1. The van der Waals surface area contributed by atoms with Crippen LogP contribution >= 0.6 is 0 Å². The molecule has 0 unspecified atom stereocenters. The van der Waals surface area contributed by atoms with Crippen molar-refractivity contribution >= 4 is 0 Å². The van der Waals surface area contributed by atoms with Crippen molar-refractivity contribution in [2.24, 2.45) is 0 Å². The molecule has 0 fully saturated rings. The molecule has 0 amide bonds. The molecule has 1 aromatic carbocycles. The first-order chi connectivity index (χ1) is 9.27. The molecule has 0 aliphatic carbocycles. The molecule has 0 saturated carbocycles. The second-order valence-corrected chi connectivity index (χ2v) is 4.88. The average Bonchev–Trinajstić information content (AvgIpc) is 2.42. The summed E-state index contributed by atoms with van der Waals surface area (Å²) in [5, 5.41) is 12.1. The Morgan fingerprint density at radius 3 is 2.68 bits per heavy atom. The Bertz CT molecular complexity index is 353. The van der Waals surface area contributed by atoms with Crippen LogP contribution in [0.25, 0.3) is 0 Å². The number of aliphatic hydroxyl groups is 1. The minimum absolute atomic E-state index is 0.297. The van der Waals surface area contributed by atoms with Crippen LogP contribution in [0, 0.1) is 6.92 Å². The fourth-order valence-electron chi connectivity index (χ4n) is 2.00. The van der Waals surface area contributed by atoms with E-state index >= 15 is 0 Å². The van der Waals surface area contributed by atoms with E-state index in [-0.39, 0.29) is 0 Å². The second-order valence-electron chi connectivity index (χ2n) is 4.88. The van der Waals surface area contributed by atoms with Crippen molar-refractivity contribution in [3.63, 3.8) is 0 Å². The summed E-state index contributed by atoms with van der Waals surface area (Å²) in [6.45, 7) is 7.09. The van der Waals surface area contributed by atoms with Gasteiger partial charge in [-0.2, -0.15) is 0 Å². The normalized spacial score (nSPS) is 10.7. The van der Waals surface area contributed by atoms with E-state index < -0.39 is 0 Å². The summed E-state index contributed by atoms with van der Waals surface area (Å²) in [5.74, 6) is 0.994. The van der Waals surface area contributed by atoms with Crippen molar-refractivity contribution < 1.29 is 9.84 Å². The lowest BCUT2D eigenvalue weighted by Crippen LogP contribution is -2.13. The molecule has 0 aliphatic heterocycles. The van der Waals surface area contributed by atoms with Crippen LogP contribution in [0.2, 0.25) is 0 Å². The molecule has 0 aliphatic rings. The molecule has 0 heterocycles. The van der Waals surface area contributed by atoms with Crippen LogP contribution in [0.4, 0.5) is 0 Å². The third-order valence-electron chi connectivity index (χ3n) is 3.09. The van der Waals surface area contributed by atoms with Crippen LogP contribution in [-0.2, 0) is 6.54 Å². The van der Waals surface area contributed by atoms with Gasteiger partial charge < -0.3 is 15.2 Å². The van der Waals surface area contributed by atoms with Gasteiger partial charge >= 0.3 is 0 Å². The number of rotatable bonds is 10. The molecule has 1 rings (SSSR count). The van der Waals surface area contributed by atoms with E-state index in [1.807, 2.05) is 0 Å². The first-order valence-corrected chi connectivity index (χ1v) is 7.31. The van der Waals surface area contributed by atoms with Gasteiger partial charge in [-0.1, -0.05) is 31.0 Å². The predicted octanol–water partition coefficient (Wildman–Crippen LogP) is 3.04. The zero-order valence-electron chi connectivity index (χ0n) is 12.2. The van der Waals surface area contributed by atoms with Crippen LogP contribution < -0.4 is 10.1 Å². The lowest BCUT2D eigenvalue weighted by Gasteiger charge is -2.12. The zero-order valence-corrected chi connectivity index (χ0v) is 12.2. The number of hydrogen-bond acceptors (Lipinski definition) is 3. The lowest BCUT2D eigenvalue weighted by molar-refractivity contribution is 0.272. The predicted molar refractivity (Wildman–Crippen MR) is 79.6 cm³/mol. The Morgan fingerprint density at radius 1 is 1.16 bits per heavy atom. The molecule has 0 spiro atoms. The molecule has 0 atom stereocenters. The Labute approximate surface area is 117 Å². The number of nitrogens with one attached hydrogen (secondary N) is 1. The molecule has 2 N–H and O–H groups in total. The maximum absolute atomic E-state index is 8.71. The smallest absolute Gasteiger partial charge is 0.123 e. The van der Waals surface area contributed by atoms with Crippen LogP contribution in [0.1, 0.15) is 43.7 Å². The molecule has 0 aromatic heterocycles. The number of benzene rings is 1. The van der Waals surface area contributed by atoms with Crippen LogP contribution in [0.15, 0.2) is 18.2 Å². The highest BCUT2D eigenvalue weighted by molar-refractivity contribution is 5.36. The van der Waals surface area contributed by atoms with Crippen LogP contribution in [0.5, 0.6) is 5.75 Å². The summed E-state index contributed by atoms with van der Waals surface area (Å²) in [4.78, 5) is 0. The Hall–Kier alpha value is -1.06. The summed E-state index contributed by atoms with van der Waals surface area (Å²) in [6.07, 6.45) is 4.15. The quantitative estimate of drug-likeness (QED) is 0.639. The highest BCUT2D eigenvalue weighted by Gasteiger charge is 2.03. The van der Waals surface area contributed by atoms with Gasteiger partial charge in [0.25, 0.3) is 0 Å². The van der Waals surface area contributed by atoms with Gasteiger partial charge in [0.05, 0.1) is 6.61 Å². The third-order valence-corrected chi connectivity index (χ3v) is 3.09. The fourth-order valence-corrected chi connectivity index (χ4v) is 2.00. The SMILES string of the molecule is CCNCc1cc(C)ccc1OCCCCCCO. The maximum Gasteiger partial charge on any atom is 0.123 e. The molecular formula is C16H27NO2. The fraction of sp³-hybridized carbons (Fsp3) is 0.625. The van der Waals surface area contributed by atoms with Gasteiger partial charge in [0, 0.05) is 18.7 Å². The van der Waals surface area contributed by atoms with Crippen LogP contribution in [-0.4, -0.2) is 24.9 Å². The minimum Gasteiger partial charge on any atom is -0.493 e. The van der Waals surface area contributed by atoms with Gasteiger partial charge in [0.1, 0.15) is 5.75 Å². The van der Waals surface area contributed by atoms with E-state index in [2.05, 4.69) is 37.4 Å². The monoisotopic (exact) mass is 265 g/mol. The molecule has 3 heteroatoms. The largest absolute Gasteiger partial charge is 0.493 e. The Balaban J connectivity index is 2.38. The van der Waals surface area contributed by atoms with Crippen molar-refractivity contribution in [3.8, 4) is 5.75 Å². The molecule has 0 radical (unpaired) electrons. The summed E-state index contributed by atoms with van der Waals surface area (Å²) in [7, 11) is 0. The molecule has 19 heavy (non-hydrogen) atoms. The first-order valence-electron chi connectivity index (χ1n) is 7.31. The summed E-state index contributed by atoms with van der Waals surface area (Å²) >= 11 is 0. The van der Waals surface area contributed by atoms with E-state index in [1.54, 1.807) is 0 Å². The topological polar surface area (TPSA) is 41.5 Å². The zero-order chi connectivity index (χ0) is 13.9. The highest BCUT2D eigenvalue weighted by atomic mass is 16.5. The number of unbranched alkanes of at least 4 members (excludes halogenated alkanes) is 3. The Kier molecular flexibility index (Phi) is 8.26. The van der Waals surface area contributed by atoms with Crippen molar-refractivity contribution in [1.82, 2.24) is 5.32 Å². The van der Waals surface area contributed by atoms with Gasteiger partial charge in [-0.15, -0.1) is 0 Å². The highest BCUT2D eigenvalue weighted by Crippen LogP contribution is 2.20.